The number of phenols is 1. The summed E-state index contributed by atoms with van der Waals surface area (Å²) in [5, 5.41) is 10.6. The van der Waals surface area contributed by atoms with Crippen LogP contribution in [0.25, 0.3) is 0 Å². The first-order chi connectivity index (χ1) is 10.5. The van der Waals surface area contributed by atoms with Gasteiger partial charge in [0.15, 0.2) is 0 Å². The summed E-state index contributed by atoms with van der Waals surface area (Å²) in [5.41, 5.74) is 2.02. The number of fused-ring (bicyclic) bond motifs is 3. The van der Waals surface area contributed by atoms with Gasteiger partial charge in [-0.15, -0.1) is 0 Å². The predicted molar refractivity (Wildman–Crippen MR) is 90.6 cm³/mol. The molecule has 0 spiro atoms. The number of aryl methyl sites for hydroxylation is 1. The Hall–Kier alpha value is -1.44. The molecule has 22 heavy (non-hydrogen) atoms. The molecule has 0 bridgehead atoms. The highest BCUT2D eigenvalue weighted by Crippen LogP contribution is 2.52. The third kappa shape index (κ3) is 2.76. The van der Waals surface area contributed by atoms with Crippen LogP contribution in [0, 0.1) is 5.92 Å². The first kappa shape index (κ1) is 15.5. The molecular weight excluding hydrogens is 272 g/mol. The van der Waals surface area contributed by atoms with Gasteiger partial charge in [-0.25, -0.2) is 0 Å². The molecule has 0 aromatic heterocycles. The highest BCUT2D eigenvalue weighted by Gasteiger charge is 2.44. The Morgan fingerprint density at radius 3 is 2.86 bits per heavy atom. The second-order valence-electron chi connectivity index (χ2n) is 7.33. The average Bonchev–Trinajstić information content (AvgIpc) is 2.46. The zero-order chi connectivity index (χ0) is 15.7. The van der Waals surface area contributed by atoms with Gasteiger partial charge in [0.25, 0.3) is 0 Å². The van der Waals surface area contributed by atoms with Crippen molar-refractivity contribution < 1.29 is 9.84 Å². The van der Waals surface area contributed by atoms with E-state index in [1.54, 1.807) is 0 Å². The van der Waals surface area contributed by atoms with Gasteiger partial charge in [-0.2, -0.15) is 0 Å². The summed E-state index contributed by atoms with van der Waals surface area (Å²) in [6, 6.07) is 4.11. The predicted octanol–water partition coefficient (Wildman–Crippen LogP) is 5.35. The van der Waals surface area contributed by atoms with Gasteiger partial charge in [0, 0.05) is 17.4 Å². The lowest BCUT2D eigenvalue weighted by Crippen LogP contribution is -2.44. The number of allylic oxidation sites excluding steroid dienone is 2. The van der Waals surface area contributed by atoms with E-state index in [9.17, 15) is 5.11 Å². The van der Waals surface area contributed by atoms with Crippen LogP contribution in [0.1, 0.15) is 69.9 Å². The molecule has 1 aliphatic heterocycles. The van der Waals surface area contributed by atoms with Crippen LogP contribution >= 0.6 is 0 Å². The van der Waals surface area contributed by atoms with Crippen molar-refractivity contribution in [2.24, 2.45) is 5.92 Å². The molecule has 0 saturated carbocycles. The molecule has 3 rings (SSSR count). The number of hydrogen-bond donors (Lipinski definition) is 1. The lowest BCUT2D eigenvalue weighted by molar-refractivity contribution is 0.0115. The van der Waals surface area contributed by atoms with E-state index in [4.69, 9.17) is 4.74 Å². The first-order valence-electron chi connectivity index (χ1n) is 8.74. The van der Waals surface area contributed by atoms with E-state index in [0.29, 0.717) is 11.7 Å². The van der Waals surface area contributed by atoms with E-state index in [1.807, 2.05) is 6.07 Å². The van der Waals surface area contributed by atoms with Crippen LogP contribution in [-0.2, 0) is 6.42 Å². The fourth-order valence-electron chi connectivity index (χ4n) is 4.08. The van der Waals surface area contributed by atoms with Crippen LogP contribution in [-0.4, -0.2) is 10.7 Å². The second-order valence-corrected chi connectivity index (χ2v) is 7.33. The Morgan fingerprint density at radius 2 is 2.09 bits per heavy atom. The van der Waals surface area contributed by atoms with Crippen molar-refractivity contribution in [1.82, 2.24) is 0 Å². The van der Waals surface area contributed by atoms with Crippen molar-refractivity contribution in [2.45, 2.75) is 70.8 Å². The number of phenolic OH excluding ortho intramolecular Hbond substituents is 1. The molecule has 0 fully saturated rings. The number of aromatic hydroxyl groups is 1. The molecule has 1 aromatic rings. The fraction of sp³-hybridized carbons (Fsp3) is 0.600. The third-order valence-corrected chi connectivity index (χ3v) is 5.27. The normalized spacial score (nSPS) is 25.2. The Bertz CT molecular complexity index is 571. The Labute approximate surface area is 134 Å². The fourth-order valence-corrected chi connectivity index (χ4v) is 4.08. The van der Waals surface area contributed by atoms with Gasteiger partial charge in [-0.3, -0.25) is 0 Å². The molecular formula is C20H28O2. The van der Waals surface area contributed by atoms with Gasteiger partial charge in [0.05, 0.1) is 0 Å². The van der Waals surface area contributed by atoms with Crippen molar-refractivity contribution in [2.75, 3.05) is 0 Å². The summed E-state index contributed by atoms with van der Waals surface area (Å²) in [7, 11) is 0. The smallest absolute Gasteiger partial charge is 0.127 e. The quantitative estimate of drug-likeness (QED) is 0.600. The van der Waals surface area contributed by atoms with E-state index in [0.717, 1.165) is 30.6 Å². The lowest BCUT2D eigenvalue weighted by atomic mass is 9.69. The van der Waals surface area contributed by atoms with Crippen LogP contribution in [0.4, 0.5) is 0 Å². The van der Waals surface area contributed by atoms with Crippen molar-refractivity contribution in [3.8, 4) is 11.5 Å². The number of benzene rings is 1. The van der Waals surface area contributed by atoms with Gasteiger partial charge in [-0.05, 0) is 57.2 Å². The Morgan fingerprint density at radius 1 is 1.27 bits per heavy atom. The summed E-state index contributed by atoms with van der Waals surface area (Å²) < 4.78 is 6.32. The van der Waals surface area contributed by atoms with Crippen LogP contribution in [0.5, 0.6) is 11.5 Å². The zero-order valence-electron chi connectivity index (χ0n) is 14.1. The number of unbranched alkanes of at least 4 members (excludes halogenated alkanes) is 2. The highest BCUT2D eigenvalue weighted by atomic mass is 16.5. The summed E-state index contributed by atoms with van der Waals surface area (Å²) >= 11 is 0. The second kappa shape index (κ2) is 5.98. The summed E-state index contributed by atoms with van der Waals surface area (Å²) in [6.07, 6.45) is 11.4. The van der Waals surface area contributed by atoms with Crippen molar-refractivity contribution >= 4 is 0 Å². The molecule has 2 nitrogen and oxygen atoms in total. The minimum absolute atomic E-state index is 0.170. The molecule has 120 valence electrons. The third-order valence-electron chi connectivity index (χ3n) is 5.27. The molecule has 0 radical (unpaired) electrons. The molecule has 2 heteroatoms. The van der Waals surface area contributed by atoms with E-state index in [1.165, 1.54) is 24.8 Å². The molecule has 2 aliphatic rings. The van der Waals surface area contributed by atoms with E-state index >= 15 is 0 Å². The van der Waals surface area contributed by atoms with Crippen molar-refractivity contribution in [3.63, 3.8) is 0 Å². The molecule has 0 saturated heterocycles. The zero-order valence-corrected chi connectivity index (χ0v) is 14.1. The number of hydrogen-bond acceptors (Lipinski definition) is 2. The topological polar surface area (TPSA) is 29.5 Å². The molecule has 1 N–H and O–H groups in total. The van der Waals surface area contributed by atoms with Crippen molar-refractivity contribution in [3.05, 3.63) is 35.4 Å². The van der Waals surface area contributed by atoms with Crippen LogP contribution in [0.3, 0.4) is 0 Å². The SMILES string of the molecule is CCCCCc1cc(O)c2c(c1)OC(C)(C)C1CCC=CC21. The van der Waals surface area contributed by atoms with E-state index < -0.39 is 0 Å². The number of rotatable bonds is 4. The standard InChI is InChI=1S/C20H28O2/c1-4-5-6-9-14-12-17(21)19-15-10-7-8-11-16(15)20(2,3)22-18(19)13-14/h7,10,12-13,15-16,21H,4-6,8-9,11H2,1-3H3. The molecule has 0 amide bonds. The summed E-state index contributed by atoms with van der Waals surface area (Å²) in [6.45, 7) is 6.59. The molecule has 1 heterocycles. The van der Waals surface area contributed by atoms with Crippen LogP contribution in [0.15, 0.2) is 24.3 Å². The average molecular weight is 300 g/mol. The first-order valence-corrected chi connectivity index (χ1v) is 8.74. The van der Waals surface area contributed by atoms with E-state index in [-0.39, 0.29) is 11.5 Å². The van der Waals surface area contributed by atoms with Gasteiger partial charge >= 0.3 is 0 Å². The minimum atomic E-state index is -0.170. The van der Waals surface area contributed by atoms with Gasteiger partial charge < -0.3 is 9.84 Å². The number of ether oxygens (including phenoxy) is 1. The van der Waals surface area contributed by atoms with Crippen LogP contribution < -0.4 is 4.74 Å². The maximum Gasteiger partial charge on any atom is 0.127 e. The lowest BCUT2D eigenvalue weighted by Gasteiger charge is -2.45. The van der Waals surface area contributed by atoms with Crippen LogP contribution in [0.2, 0.25) is 0 Å². The van der Waals surface area contributed by atoms with Gasteiger partial charge in [-0.1, -0.05) is 31.9 Å². The maximum absolute atomic E-state index is 10.6. The Balaban J connectivity index is 1.96. The molecule has 1 aromatic carbocycles. The molecule has 1 aliphatic carbocycles. The molecule has 2 unspecified atom stereocenters. The minimum Gasteiger partial charge on any atom is -0.507 e. The Kier molecular flexibility index (Phi) is 4.20. The highest BCUT2D eigenvalue weighted by molar-refractivity contribution is 5.53. The van der Waals surface area contributed by atoms with Gasteiger partial charge in [0.2, 0.25) is 0 Å². The largest absolute Gasteiger partial charge is 0.507 e. The summed E-state index contributed by atoms with van der Waals surface area (Å²) in [5.74, 6) is 2.05. The maximum atomic E-state index is 10.6. The van der Waals surface area contributed by atoms with Gasteiger partial charge in [0.1, 0.15) is 17.1 Å². The monoisotopic (exact) mass is 300 g/mol. The molecule has 2 atom stereocenters. The van der Waals surface area contributed by atoms with E-state index in [2.05, 4.69) is 39.0 Å². The summed E-state index contributed by atoms with van der Waals surface area (Å²) in [4.78, 5) is 0. The van der Waals surface area contributed by atoms with Crippen molar-refractivity contribution in [1.29, 1.82) is 0 Å².